The summed E-state index contributed by atoms with van der Waals surface area (Å²) in [6.07, 6.45) is -7.21. The summed E-state index contributed by atoms with van der Waals surface area (Å²) in [6, 6.07) is 0. The van der Waals surface area contributed by atoms with Crippen molar-refractivity contribution >= 4 is 22.0 Å². The summed E-state index contributed by atoms with van der Waals surface area (Å²) in [6.45, 7) is 0.555. The largest absolute Gasteiger partial charge is 0.481 e. The van der Waals surface area contributed by atoms with E-state index in [2.05, 4.69) is 4.74 Å². The summed E-state index contributed by atoms with van der Waals surface area (Å²) in [4.78, 5) is 21.5. The lowest BCUT2D eigenvalue weighted by atomic mass is 10.3. The molecule has 0 amide bonds. The van der Waals surface area contributed by atoms with Crippen LogP contribution in [0, 0.1) is 0 Å². The number of ether oxygens (including phenoxy) is 1. The highest BCUT2D eigenvalue weighted by Crippen LogP contribution is 2.30. The monoisotopic (exact) mass is 335 g/mol. The number of carboxylic acids is 1. The molecule has 0 saturated carbocycles. The first-order valence-electron chi connectivity index (χ1n) is 5.82. The minimum atomic E-state index is -5.18. The number of esters is 1. The Kier molecular flexibility index (Phi) is 7.10. The van der Waals surface area contributed by atoms with Crippen LogP contribution in [0.5, 0.6) is 0 Å². The Morgan fingerprint density at radius 3 is 2.24 bits per heavy atom. The molecule has 0 aromatic heterocycles. The van der Waals surface area contributed by atoms with Gasteiger partial charge in [-0.15, -0.1) is 0 Å². The van der Waals surface area contributed by atoms with Crippen LogP contribution in [0.25, 0.3) is 0 Å². The Morgan fingerprint density at radius 1 is 1.33 bits per heavy atom. The van der Waals surface area contributed by atoms with Crippen molar-refractivity contribution in [3.63, 3.8) is 0 Å². The van der Waals surface area contributed by atoms with Crippen molar-refractivity contribution in [2.75, 3.05) is 20.2 Å². The number of carbonyl (C=O) groups is 2. The van der Waals surface area contributed by atoms with Crippen molar-refractivity contribution < 1.29 is 41.0 Å². The minimum absolute atomic E-state index is 0.182. The molecule has 0 spiro atoms. The number of alkyl halides is 3. The molecule has 124 valence electrons. The second-order valence-corrected chi connectivity index (χ2v) is 6.27. The fourth-order valence-electron chi connectivity index (χ4n) is 1.36. The molecule has 0 bridgehead atoms. The van der Waals surface area contributed by atoms with Gasteiger partial charge in [0.2, 0.25) is 10.0 Å². The smallest absolute Gasteiger partial charge is 0.407 e. The Bertz CT molecular complexity index is 476. The van der Waals surface area contributed by atoms with Crippen molar-refractivity contribution in [1.82, 2.24) is 4.31 Å². The van der Waals surface area contributed by atoms with E-state index in [0.29, 0.717) is 0 Å². The Labute approximate surface area is 119 Å². The molecule has 1 atom stereocenters. The average molecular weight is 335 g/mol. The van der Waals surface area contributed by atoms with E-state index in [0.717, 1.165) is 7.05 Å². The van der Waals surface area contributed by atoms with Crippen molar-refractivity contribution in [3.05, 3.63) is 0 Å². The van der Waals surface area contributed by atoms with Gasteiger partial charge in [-0.05, 0) is 6.92 Å². The summed E-state index contributed by atoms with van der Waals surface area (Å²) in [5.74, 6) is -2.65. The Morgan fingerprint density at radius 2 is 1.86 bits per heavy atom. The van der Waals surface area contributed by atoms with E-state index in [4.69, 9.17) is 5.11 Å². The average Bonchev–Trinajstić information content (AvgIpc) is 2.31. The standard InChI is InChI=1S/C10H16F3NO6S/c1-3-20-9(17)6-7(10(11,12)13)21(18,19)14(2)5-4-8(15)16/h7H,3-6H2,1-2H3,(H,15,16). The van der Waals surface area contributed by atoms with E-state index in [1.165, 1.54) is 6.92 Å². The fraction of sp³-hybridized carbons (Fsp3) is 0.800. The van der Waals surface area contributed by atoms with Gasteiger partial charge in [0.05, 0.1) is 19.4 Å². The number of halogens is 3. The summed E-state index contributed by atoms with van der Waals surface area (Å²) < 4.78 is 66.8. The van der Waals surface area contributed by atoms with Crippen LogP contribution in [0.2, 0.25) is 0 Å². The van der Waals surface area contributed by atoms with Crippen LogP contribution in [0.1, 0.15) is 19.8 Å². The van der Waals surface area contributed by atoms with Crippen LogP contribution < -0.4 is 0 Å². The predicted molar refractivity (Wildman–Crippen MR) is 64.9 cm³/mol. The van der Waals surface area contributed by atoms with Crippen LogP contribution in [0.3, 0.4) is 0 Å². The highest BCUT2D eigenvalue weighted by Gasteiger charge is 2.51. The van der Waals surface area contributed by atoms with E-state index < -0.39 is 52.8 Å². The molecule has 0 aliphatic heterocycles. The molecule has 1 unspecified atom stereocenters. The number of hydrogen-bond acceptors (Lipinski definition) is 5. The molecule has 0 radical (unpaired) electrons. The minimum Gasteiger partial charge on any atom is -0.481 e. The van der Waals surface area contributed by atoms with Crippen LogP contribution in [0.4, 0.5) is 13.2 Å². The Hall–Kier alpha value is -1.36. The molecule has 0 fully saturated rings. The zero-order valence-electron chi connectivity index (χ0n) is 11.4. The molecule has 7 nitrogen and oxygen atoms in total. The summed E-state index contributed by atoms with van der Waals surface area (Å²) >= 11 is 0. The van der Waals surface area contributed by atoms with Crippen molar-refractivity contribution in [2.24, 2.45) is 0 Å². The first-order valence-corrected chi connectivity index (χ1v) is 7.32. The summed E-state index contributed by atoms with van der Waals surface area (Å²) in [7, 11) is -4.10. The molecule has 0 aliphatic rings. The normalized spacial score (nSPS) is 14.0. The van der Waals surface area contributed by atoms with Gasteiger partial charge in [-0.2, -0.15) is 13.2 Å². The topological polar surface area (TPSA) is 101 Å². The fourth-order valence-corrected chi connectivity index (χ4v) is 2.82. The first-order chi connectivity index (χ1) is 9.42. The van der Waals surface area contributed by atoms with Gasteiger partial charge in [0.15, 0.2) is 5.25 Å². The van der Waals surface area contributed by atoms with Crippen LogP contribution in [-0.2, 0) is 24.3 Å². The van der Waals surface area contributed by atoms with Crippen molar-refractivity contribution in [2.45, 2.75) is 31.2 Å². The van der Waals surface area contributed by atoms with Crippen molar-refractivity contribution in [3.8, 4) is 0 Å². The maximum atomic E-state index is 12.8. The van der Waals surface area contributed by atoms with Crippen LogP contribution in [0.15, 0.2) is 0 Å². The number of rotatable bonds is 8. The molecule has 11 heteroatoms. The lowest BCUT2D eigenvalue weighted by Crippen LogP contribution is -2.46. The van der Waals surface area contributed by atoms with Gasteiger partial charge in [-0.3, -0.25) is 9.59 Å². The van der Waals surface area contributed by atoms with Crippen LogP contribution in [-0.4, -0.2) is 61.4 Å². The first kappa shape index (κ1) is 19.6. The molecule has 21 heavy (non-hydrogen) atoms. The zero-order chi connectivity index (χ0) is 16.8. The number of hydrogen-bond donors (Lipinski definition) is 1. The lowest BCUT2D eigenvalue weighted by molar-refractivity contribution is -0.155. The third kappa shape index (κ3) is 6.29. The number of aliphatic carboxylic acids is 1. The molecule has 0 saturated heterocycles. The third-order valence-corrected chi connectivity index (χ3v) is 4.66. The number of sulfonamides is 1. The van der Waals surface area contributed by atoms with Gasteiger partial charge in [-0.25, -0.2) is 12.7 Å². The SMILES string of the molecule is CCOC(=O)CC(C(F)(F)F)S(=O)(=O)N(C)CCC(=O)O. The summed E-state index contributed by atoms with van der Waals surface area (Å²) in [5.41, 5.74) is 0. The molecule has 0 aliphatic carbocycles. The zero-order valence-corrected chi connectivity index (χ0v) is 12.2. The van der Waals surface area contributed by atoms with Gasteiger partial charge < -0.3 is 9.84 Å². The van der Waals surface area contributed by atoms with E-state index in [-0.39, 0.29) is 10.9 Å². The van der Waals surface area contributed by atoms with Crippen molar-refractivity contribution in [1.29, 1.82) is 0 Å². The maximum Gasteiger partial charge on any atom is 0.407 e. The van der Waals surface area contributed by atoms with E-state index in [9.17, 15) is 31.2 Å². The molecule has 0 aromatic carbocycles. The quantitative estimate of drug-likeness (QED) is 0.652. The maximum absolute atomic E-state index is 12.8. The van der Waals surface area contributed by atoms with Gasteiger partial charge in [-0.1, -0.05) is 0 Å². The molecule has 0 heterocycles. The van der Waals surface area contributed by atoms with E-state index in [1.54, 1.807) is 0 Å². The predicted octanol–water partition coefficient (Wildman–Crippen LogP) is 0.607. The highest BCUT2D eigenvalue weighted by atomic mass is 32.2. The molecule has 1 N–H and O–H groups in total. The number of carboxylic acid groups (broad SMARTS) is 1. The van der Waals surface area contributed by atoms with Gasteiger partial charge >= 0.3 is 18.1 Å². The lowest BCUT2D eigenvalue weighted by Gasteiger charge is -2.25. The molecule has 0 aromatic rings. The van der Waals surface area contributed by atoms with Gasteiger partial charge in [0.1, 0.15) is 0 Å². The molecular weight excluding hydrogens is 319 g/mol. The highest BCUT2D eigenvalue weighted by molar-refractivity contribution is 7.89. The van der Waals surface area contributed by atoms with E-state index in [1.807, 2.05) is 0 Å². The molecular formula is C10H16F3NO6S. The van der Waals surface area contributed by atoms with Gasteiger partial charge in [0, 0.05) is 13.6 Å². The van der Waals surface area contributed by atoms with Crippen LogP contribution >= 0.6 is 0 Å². The second kappa shape index (κ2) is 7.59. The Balaban J connectivity index is 5.22. The van der Waals surface area contributed by atoms with E-state index >= 15 is 0 Å². The van der Waals surface area contributed by atoms with Gasteiger partial charge in [0.25, 0.3) is 0 Å². The number of nitrogens with zero attached hydrogens (tertiary/aromatic N) is 1. The summed E-state index contributed by atoms with van der Waals surface area (Å²) in [5, 5.41) is 5.45. The third-order valence-electron chi connectivity index (χ3n) is 2.46. The number of carbonyl (C=O) groups excluding carboxylic acids is 1. The molecule has 0 rings (SSSR count). The second-order valence-electron chi connectivity index (χ2n) is 4.05.